The minimum atomic E-state index is -0.766. The number of rotatable bonds is 5. The summed E-state index contributed by atoms with van der Waals surface area (Å²) in [6.07, 6.45) is 2.89. The number of aryl methyl sites for hydroxylation is 2. The van der Waals surface area contributed by atoms with Gasteiger partial charge < -0.3 is 14.9 Å². The normalized spacial score (nSPS) is 21.9. The first-order chi connectivity index (χ1) is 9.47. The largest absolute Gasteiger partial charge is 0.481 e. The van der Waals surface area contributed by atoms with Crippen molar-refractivity contribution in [2.75, 3.05) is 0 Å². The van der Waals surface area contributed by atoms with Crippen LogP contribution in [0.5, 0.6) is 0 Å². The molecule has 1 aliphatic rings. The van der Waals surface area contributed by atoms with Crippen LogP contribution in [0.4, 0.5) is 0 Å². The van der Waals surface area contributed by atoms with Crippen molar-refractivity contribution >= 4 is 11.9 Å². The molecule has 2 N–H and O–H groups in total. The predicted molar refractivity (Wildman–Crippen MR) is 71.2 cm³/mol. The van der Waals surface area contributed by atoms with Crippen LogP contribution in [0.3, 0.4) is 0 Å². The van der Waals surface area contributed by atoms with E-state index in [1.807, 2.05) is 13.8 Å². The van der Waals surface area contributed by atoms with Crippen molar-refractivity contribution in [3.63, 3.8) is 0 Å². The molecule has 0 spiro atoms. The Morgan fingerprint density at radius 3 is 2.70 bits per heavy atom. The number of carboxylic acid groups (broad SMARTS) is 1. The maximum Gasteiger partial charge on any atom is 0.306 e. The first-order valence-electron chi connectivity index (χ1n) is 6.91. The third-order valence-electron chi connectivity index (χ3n) is 3.93. The molecule has 0 bridgehead atoms. The molecule has 0 aromatic carbocycles. The first kappa shape index (κ1) is 14.6. The molecule has 0 aliphatic heterocycles. The average Bonchev–Trinajstić information content (AvgIpc) is 2.96. The van der Waals surface area contributed by atoms with Gasteiger partial charge in [0.05, 0.1) is 11.6 Å². The second-order valence-electron chi connectivity index (χ2n) is 5.42. The minimum Gasteiger partial charge on any atom is -0.481 e. The van der Waals surface area contributed by atoms with Crippen molar-refractivity contribution in [2.24, 2.45) is 5.92 Å². The molecule has 110 valence electrons. The summed E-state index contributed by atoms with van der Waals surface area (Å²) >= 11 is 0. The monoisotopic (exact) mass is 280 g/mol. The molecule has 2 atom stereocenters. The molecule has 1 heterocycles. The highest BCUT2D eigenvalue weighted by Crippen LogP contribution is 2.25. The number of aromatic nitrogens is 1. The summed E-state index contributed by atoms with van der Waals surface area (Å²) in [4.78, 5) is 22.7. The highest BCUT2D eigenvalue weighted by molar-refractivity contribution is 5.77. The number of hydrogen-bond donors (Lipinski definition) is 2. The Labute approximate surface area is 117 Å². The van der Waals surface area contributed by atoms with Crippen LogP contribution < -0.4 is 5.32 Å². The van der Waals surface area contributed by atoms with Crippen LogP contribution in [0.1, 0.15) is 42.7 Å². The van der Waals surface area contributed by atoms with Crippen LogP contribution >= 0.6 is 0 Å². The lowest BCUT2D eigenvalue weighted by Crippen LogP contribution is -2.33. The zero-order valence-electron chi connectivity index (χ0n) is 11.8. The summed E-state index contributed by atoms with van der Waals surface area (Å²) in [5.74, 6) is -0.372. The smallest absolute Gasteiger partial charge is 0.306 e. The molecule has 0 saturated heterocycles. The Morgan fingerprint density at radius 1 is 1.40 bits per heavy atom. The molecule has 0 radical (unpaired) electrons. The minimum absolute atomic E-state index is 0.00623. The summed E-state index contributed by atoms with van der Waals surface area (Å²) in [6, 6.07) is -0.00623. The van der Waals surface area contributed by atoms with Crippen molar-refractivity contribution in [2.45, 2.75) is 52.0 Å². The van der Waals surface area contributed by atoms with Crippen LogP contribution in [0.15, 0.2) is 4.52 Å². The highest BCUT2D eigenvalue weighted by Gasteiger charge is 2.30. The van der Waals surface area contributed by atoms with Crippen molar-refractivity contribution in [1.82, 2.24) is 10.5 Å². The summed E-state index contributed by atoms with van der Waals surface area (Å²) in [7, 11) is 0. The van der Waals surface area contributed by atoms with E-state index in [4.69, 9.17) is 9.63 Å². The zero-order chi connectivity index (χ0) is 14.7. The summed E-state index contributed by atoms with van der Waals surface area (Å²) < 4.78 is 5.05. The van der Waals surface area contributed by atoms with E-state index < -0.39 is 5.97 Å². The quantitative estimate of drug-likeness (QED) is 0.854. The molecule has 1 aliphatic carbocycles. The number of nitrogens with zero attached hydrogens (tertiary/aromatic N) is 1. The lowest BCUT2D eigenvalue weighted by Gasteiger charge is -2.12. The Bertz CT molecular complexity index is 490. The number of carbonyl (C=O) groups is 2. The fourth-order valence-corrected chi connectivity index (χ4v) is 2.73. The van der Waals surface area contributed by atoms with Crippen molar-refractivity contribution in [1.29, 1.82) is 0 Å². The van der Waals surface area contributed by atoms with Gasteiger partial charge in [0.2, 0.25) is 5.91 Å². The molecule has 1 aromatic heterocycles. The van der Waals surface area contributed by atoms with Gasteiger partial charge in [0.15, 0.2) is 0 Å². The number of carboxylic acids is 1. The van der Waals surface area contributed by atoms with E-state index in [0.717, 1.165) is 23.4 Å². The van der Waals surface area contributed by atoms with Crippen LogP contribution in [0.2, 0.25) is 0 Å². The summed E-state index contributed by atoms with van der Waals surface area (Å²) in [5, 5.41) is 15.7. The van der Waals surface area contributed by atoms with Gasteiger partial charge in [0, 0.05) is 18.0 Å². The first-order valence-corrected chi connectivity index (χ1v) is 6.91. The highest BCUT2D eigenvalue weighted by atomic mass is 16.5. The SMILES string of the molecule is Cc1noc(C)c1CCC(=O)NC1CCC(C(=O)O)C1. The van der Waals surface area contributed by atoms with Gasteiger partial charge in [-0.3, -0.25) is 9.59 Å². The van der Waals surface area contributed by atoms with Gasteiger partial charge in [-0.15, -0.1) is 0 Å². The second kappa shape index (κ2) is 6.07. The third kappa shape index (κ3) is 3.37. The fourth-order valence-electron chi connectivity index (χ4n) is 2.73. The van der Waals surface area contributed by atoms with Crippen LogP contribution in [0.25, 0.3) is 0 Å². The molecule has 1 aromatic rings. The Kier molecular flexibility index (Phi) is 4.42. The summed E-state index contributed by atoms with van der Waals surface area (Å²) in [5.41, 5.74) is 1.80. The van der Waals surface area contributed by atoms with E-state index in [1.165, 1.54) is 0 Å². The fraction of sp³-hybridized carbons (Fsp3) is 0.643. The van der Waals surface area contributed by atoms with Crippen LogP contribution in [0, 0.1) is 19.8 Å². The lowest BCUT2D eigenvalue weighted by atomic mass is 10.1. The number of hydrogen-bond acceptors (Lipinski definition) is 4. The topological polar surface area (TPSA) is 92.4 Å². The third-order valence-corrected chi connectivity index (χ3v) is 3.93. The Balaban J connectivity index is 1.78. The van der Waals surface area contributed by atoms with E-state index in [2.05, 4.69) is 10.5 Å². The molecule has 1 fully saturated rings. The number of carbonyl (C=O) groups excluding carboxylic acids is 1. The van der Waals surface area contributed by atoms with Crippen LogP contribution in [-0.2, 0) is 16.0 Å². The average molecular weight is 280 g/mol. The standard InChI is InChI=1S/C14H20N2O4/c1-8-12(9(2)20-16-8)5-6-13(17)15-11-4-3-10(7-11)14(18)19/h10-11H,3-7H2,1-2H3,(H,15,17)(H,18,19). The van der Waals surface area contributed by atoms with E-state index in [0.29, 0.717) is 25.7 Å². The molecule has 1 amide bonds. The maximum absolute atomic E-state index is 11.9. The molecule has 2 rings (SSSR count). The second-order valence-corrected chi connectivity index (χ2v) is 5.42. The summed E-state index contributed by atoms with van der Waals surface area (Å²) in [6.45, 7) is 3.69. The van der Waals surface area contributed by atoms with Gasteiger partial charge in [-0.25, -0.2) is 0 Å². The molecule has 20 heavy (non-hydrogen) atoms. The van der Waals surface area contributed by atoms with E-state index >= 15 is 0 Å². The van der Waals surface area contributed by atoms with E-state index in [-0.39, 0.29) is 17.9 Å². The molecular formula is C14H20N2O4. The zero-order valence-corrected chi connectivity index (χ0v) is 11.8. The molecule has 6 heteroatoms. The Hall–Kier alpha value is -1.85. The van der Waals surface area contributed by atoms with E-state index in [1.54, 1.807) is 0 Å². The molecular weight excluding hydrogens is 260 g/mol. The predicted octanol–water partition coefficient (Wildman–Crippen LogP) is 1.59. The molecule has 6 nitrogen and oxygen atoms in total. The van der Waals surface area contributed by atoms with Crippen molar-refractivity contribution < 1.29 is 19.2 Å². The number of amides is 1. The number of nitrogens with one attached hydrogen (secondary N) is 1. The molecule has 2 unspecified atom stereocenters. The van der Waals surface area contributed by atoms with Gasteiger partial charge in [0.1, 0.15) is 5.76 Å². The van der Waals surface area contributed by atoms with Crippen molar-refractivity contribution in [3.05, 3.63) is 17.0 Å². The van der Waals surface area contributed by atoms with Crippen molar-refractivity contribution in [3.8, 4) is 0 Å². The Morgan fingerprint density at radius 2 is 2.15 bits per heavy atom. The van der Waals surface area contributed by atoms with E-state index in [9.17, 15) is 9.59 Å². The van der Waals surface area contributed by atoms with Gasteiger partial charge in [0.25, 0.3) is 0 Å². The molecule has 1 saturated carbocycles. The van der Waals surface area contributed by atoms with Gasteiger partial charge in [-0.05, 0) is 39.5 Å². The van der Waals surface area contributed by atoms with Gasteiger partial charge in [-0.2, -0.15) is 0 Å². The van der Waals surface area contributed by atoms with Crippen LogP contribution in [-0.4, -0.2) is 28.2 Å². The number of aliphatic carboxylic acids is 1. The van der Waals surface area contributed by atoms with Gasteiger partial charge >= 0.3 is 5.97 Å². The maximum atomic E-state index is 11.9. The van der Waals surface area contributed by atoms with Gasteiger partial charge in [-0.1, -0.05) is 5.16 Å². The lowest BCUT2D eigenvalue weighted by molar-refractivity contribution is -0.141.